The van der Waals surface area contributed by atoms with Gasteiger partial charge in [-0.25, -0.2) is 0 Å². The van der Waals surface area contributed by atoms with E-state index in [4.69, 9.17) is 0 Å². The van der Waals surface area contributed by atoms with Gasteiger partial charge < -0.3 is 0 Å². The van der Waals surface area contributed by atoms with Crippen LogP contribution in [0.4, 0.5) is 0 Å². The van der Waals surface area contributed by atoms with Crippen LogP contribution in [0.1, 0.15) is 13.8 Å². The minimum atomic E-state index is -1.15. The molecule has 0 N–H and O–H groups in total. The van der Waals surface area contributed by atoms with E-state index in [9.17, 15) is 0 Å². The van der Waals surface area contributed by atoms with E-state index in [1.807, 2.05) is 0 Å². The second-order valence-electron chi connectivity index (χ2n) is 3.87. The van der Waals surface area contributed by atoms with Crippen molar-refractivity contribution >= 4 is 8.07 Å². The van der Waals surface area contributed by atoms with Crippen LogP contribution in [-0.4, -0.2) is 8.07 Å². The van der Waals surface area contributed by atoms with Crippen molar-refractivity contribution in [2.45, 2.75) is 38.0 Å². The topological polar surface area (TPSA) is 0 Å². The summed E-state index contributed by atoms with van der Waals surface area (Å²) in [5.41, 5.74) is 1.35. The van der Waals surface area contributed by atoms with Crippen molar-refractivity contribution in [2.75, 3.05) is 0 Å². The molecule has 0 heterocycles. The highest BCUT2D eigenvalue weighted by Gasteiger charge is 2.30. The summed E-state index contributed by atoms with van der Waals surface area (Å²) in [6, 6.07) is 0. The fourth-order valence-corrected chi connectivity index (χ4v) is 3.07. The second kappa shape index (κ2) is 3.91. The lowest BCUT2D eigenvalue weighted by molar-refractivity contribution is 1.02. The minimum absolute atomic E-state index is 0.676. The highest BCUT2D eigenvalue weighted by atomic mass is 28.3. The third kappa shape index (κ3) is 2.33. The van der Waals surface area contributed by atoms with Gasteiger partial charge in [-0.1, -0.05) is 39.1 Å². The Morgan fingerprint density at radius 2 is 1.27 bits per heavy atom. The SMILES string of the molecule is C=CC(C)[Si](C)(C)C(C)C=C. The Morgan fingerprint density at radius 1 is 1.00 bits per heavy atom. The number of hydrogen-bond acceptors (Lipinski definition) is 0. The van der Waals surface area contributed by atoms with Gasteiger partial charge in [0.05, 0.1) is 8.07 Å². The Bertz CT molecular complexity index is 131. The molecule has 0 aliphatic heterocycles. The third-order valence-corrected chi connectivity index (χ3v) is 8.22. The molecule has 0 saturated carbocycles. The number of rotatable bonds is 4. The maximum atomic E-state index is 3.84. The van der Waals surface area contributed by atoms with Gasteiger partial charge in [0.15, 0.2) is 0 Å². The molecule has 64 valence electrons. The third-order valence-electron chi connectivity index (χ3n) is 3.05. The van der Waals surface area contributed by atoms with Crippen LogP contribution in [-0.2, 0) is 0 Å². The van der Waals surface area contributed by atoms with Gasteiger partial charge in [0.25, 0.3) is 0 Å². The molecule has 11 heavy (non-hydrogen) atoms. The smallest absolute Gasteiger partial charge is 0.0605 e. The molecular weight excluding hydrogens is 148 g/mol. The quantitative estimate of drug-likeness (QED) is 0.442. The summed E-state index contributed by atoms with van der Waals surface area (Å²) in [5, 5.41) is 0. The number of hydrogen-bond donors (Lipinski definition) is 0. The van der Waals surface area contributed by atoms with Gasteiger partial charge in [-0.15, -0.1) is 13.2 Å². The molecule has 0 bridgehead atoms. The van der Waals surface area contributed by atoms with Crippen molar-refractivity contribution < 1.29 is 0 Å². The Hall–Kier alpha value is -0.303. The van der Waals surface area contributed by atoms with E-state index in [1.165, 1.54) is 0 Å². The van der Waals surface area contributed by atoms with E-state index < -0.39 is 8.07 Å². The average molecular weight is 168 g/mol. The first-order valence-corrected chi connectivity index (χ1v) is 7.37. The summed E-state index contributed by atoms with van der Waals surface area (Å²) in [4.78, 5) is 0. The van der Waals surface area contributed by atoms with E-state index in [-0.39, 0.29) is 0 Å². The Labute approximate surface area is 72.0 Å². The summed E-state index contributed by atoms with van der Waals surface area (Å²) >= 11 is 0. The summed E-state index contributed by atoms with van der Waals surface area (Å²) in [5.74, 6) is 0. The first-order chi connectivity index (χ1) is 4.96. The normalized spacial score (nSPS) is 17.1. The van der Waals surface area contributed by atoms with Gasteiger partial charge in [0.1, 0.15) is 0 Å². The van der Waals surface area contributed by atoms with Crippen LogP contribution in [0.15, 0.2) is 25.3 Å². The van der Waals surface area contributed by atoms with Gasteiger partial charge in [0.2, 0.25) is 0 Å². The summed E-state index contributed by atoms with van der Waals surface area (Å²) in [6.07, 6.45) is 4.15. The molecule has 0 radical (unpaired) electrons. The van der Waals surface area contributed by atoms with E-state index >= 15 is 0 Å². The van der Waals surface area contributed by atoms with Gasteiger partial charge in [-0.2, -0.15) is 0 Å². The van der Waals surface area contributed by atoms with Crippen LogP contribution >= 0.6 is 0 Å². The van der Waals surface area contributed by atoms with Crippen LogP contribution in [0.3, 0.4) is 0 Å². The average Bonchev–Trinajstić information content (AvgIpc) is 2.01. The molecule has 0 rings (SSSR count). The summed E-state index contributed by atoms with van der Waals surface area (Å²) < 4.78 is 0. The molecule has 0 aliphatic rings. The predicted octanol–water partition coefficient (Wildman–Crippen LogP) is 3.85. The van der Waals surface area contributed by atoms with Crippen molar-refractivity contribution in [3.63, 3.8) is 0 Å². The zero-order chi connectivity index (χ0) is 9.07. The second-order valence-corrected chi connectivity index (χ2v) is 9.33. The molecule has 0 nitrogen and oxygen atoms in total. The lowest BCUT2D eigenvalue weighted by atomic mass is 10.4. The zero-order valence-electron chi connectivity index (χ0n) is 8.22. The molecule has 0 aromatic rings. The van der Waals surface area contributed by atoms with Crippen LogP contribution in [0.2, 0.25) is 24.2 Å². The van der Waals surface area contributed by atoms with Crippen LogP contribution in [0.25, 0.3) is 0 Å². The minimum Gasteiger partial charge on any atom is -0.103 e. The van der Waals surface area contributed by atoms with Crippen LogP contribution in [0, 0.1) is 0 Å². The van der Waals surface area contributed by atoms with Crippen molar-refractivity contribution in [2.24, 2.45) is 0 Å². The largest absolute Gasteiger partial charge is 0.103 e. The highest BCUT2D eigenvalue weighted by Crippen LogP contribution is 2.33. The lowest BCUT2D eigenvalue weighted by Gasteiger charge is -2.32. The fraction of sp³-hybridized carbons (Fsp3) is 0.600. The molecule has 0 aromatic heterocycles. The maximum absolute atomic E-state index is 3.84. The van der Waals surface area contributed by atoms with Gasteiger partial charge in [-0.05, 0) is 11.1 Å². The molecule has 0 saturated heterocycles. The van der Waals surface area contributed by atoms with E-state index in [2.05, 4.69) is 52.3 Å². The molecule has 0 aromatic carbocycles. The van der Waals surface area contributed by atoms with Gasteiger partial charge in [-0.3, -0.25) is 0 Å². The summed E-state index contributed by atoms with van der Waals surface area (Å²) in [6.45, 7) is 17.0. The van der Waals surface area contributed by atoms with Crippen LogP contribution < -0.4 is 0 Å². The van der Waals surface area contributed by atoms with E-state index in [0.29, 0.717) is 11.1 Å². The van der Waals surface area contributed by atoms with Crippen molar-refractivity contribution in [1.29, 1.82) is 0 Å². The van der Waals surface area contributed by atoms with E-state index in [1.54, 1.807) is 0 Å². The molecule has 0 fully saturated rings. The highest BCUT2D eigenvalue weighted by molar-refractivity contribution is 6.80. The monoisotopic (exact) mass is 168 g/mol. The Morgan fingerprint density at radius 3 is 1.45 bits per heavy atom. The first kappa shape index (κ1) is 10.7. The molecule has 0 amide bonds. The molecule has 0 spiro atoms. The zero-order valence-corrected chi connectivity index (χ0v) is 9.22. The van der Waals surface area contributed by atoms with Crippen molar-refractivity contribution in [3.05, 3.63) is 25.3 Å². The Balaban J connectivity index is 4.41. The van der Waals surface area contributed by atoms with Crippen LogP contribution in [0.5, 0.6) is 0 Å². The predicted molar refractivity (Wildman–Crippen MR) is 56.7 cm³/mol. The molecular formula is C10H20Si. The van der Waals surface area contributed by atoms with Crippen molar-refractivity contribution in [3.8, 4) is 0 Å². The number of allylic oxidation sites excluding steroid dienone is 2. The molecule has 2 unspecified atom stereocenters. The van der Waals surface area contributed by atoms with Crippen molar-refractivity contribution in [1.82, 2.24) is 0 Å². The maximum Gasteiger partial charge on any atom is 0.0605 e. The summed E-state index contributed by atoms with van der Waals surface area (Å²) in [7, 11) is -1.15. The van der Waals surface area contributed by atoms with Gasteiger partial charge in [0, 0.05) is 0 Å². The lowest BCUT2D eigenvalue weighted by Crippen LogP contribution is -2.33. The Kier molecular flexibility index (Phi) is 3.80. The van der Waals surface area contributed by atoms with Gasteiger partial charge >= 0.3 is 0 Å². The molecule has 1 heteroatoms. The first-order valence-electron chi connectivity index (χ1n) is 4.22. The molecule has 2 atom stereocenters. The molecule has 0 aliphatic carbocycles. The fourth-order valence-electron chi connectivity index (χ4n) is 1.02. The standard InChI is InChI=1S/C10H20Si/c1-7-9(3)11(5,6)10(4)8-2/h7-10H,1-2H2,3-6H3. The van der Waals surface area contributed by atoms with E-state index in [0.717, 1.165) is 0 Å².